The van der Waals surface area contributed by atoms with E-state index in [0.29, 0.717) is 0 Å². The van der Waals surface area contributed by atoms with Crippen LogP contribution in [0.1, 0.15) is 6.42 Å². The zero-order valence-electron chi connectivity index (χ0n) is 8.28. The SMILES string of the molecule is OCC1=NC(CN2CCOCC2)=CC1. The predicted octanol–water partition coefficient (Wildman–Crippen LogP) is 0.0395. The zero-order valence-corrected chi connectivity index (χ0v) is 8.28. The summed E-state index contributed by atoms with van der Waals surface area (Å²) in [5.41, 5.74) is 1.98. The van der Waals surface area contributed by atoms with Crippen LogP contribution in [0.5, 0.6) is 0 Å². The lowest BCUT2D eigenvalue weighted by molar-refractivity contribution is 0.0422. The van der Waals surface area contributed by atoms with Gasteiger partial charge in [0.1, 0.15) is 0 Å². The van der Waals surface area contributed by atoms with Crippen molar-refractivity contribution >= 4 is 5.71 Å². The maximum Gasteiger partial charge on any atom is 0.0817 e. The summed E-state index contributed by atoms with van der Waals surface area (Å²) in [6.07, 6.45) is 2.91. The number of aliphatic imine (C=N–C) groups is 1. The van der Waals surface area contributed by atoms with Crippen molar-refractivity contribution in [3.05, 3.63) is 11.8 Å². The van der Waals surface area contributed by atoms with E-state index >= 15 is 0 Å². The van der Waals surface area contributed by atoms with E-state index in [4.69, 9.17) is 9.84 Å². The number of hydrogen-bond acceptors (Lipinski definition) is 4. The molecule has 1 N–H and O–H groups in total. The molecule has 0 bridgehead atoms. The van der Waals surface area contributed by atoms with Gasteiger partial charge in [-0.15, -0.1) is 0 Å². The van der Waals surface area contributed by atoms with Crippen LogP contribution in [0.4, 0.5) is 0 Å². The first kappa shape index (κ1) is 9.83. The molecular formula is C10H16N2O2. The molecule has 4 heteroatoms. The van der Waals surface area contributed by atoms with Crippen LogP contribution in [0.2, 0.25) is 0 Å². The van der Waals surface area contributed by atoms with Crippen molar-refractivity contribution in [2.75, 3.05) is 39.5 Å². The normalized spacial score (nSPS) is 23.5. The first-order valence-electron chi connectivity index (χ1n) is 5.05. The van der Waals surface area contributed by atoms with Crippen molar-refractivity contribution in [1.29, 1.82) is 0 Å². The summed E-state index contributed by atoms with van der Waals surface area (Å²) in [4.78, 5) is 6.68. The second-order valence-electron chi connectivity index (χ2n) is 3.62. The highest BCUT2D eigenvalue weighted by molar-refractivity contribution is 5.89. The van der Waals surface area contributed by atoms with Crippen LogP contribution in [-0.2, 0) is 4.74 Å². The highest BCUT2D eigenvalue weighted by Gasteiger charge is 2.14. The lowest BCUT2D eigenvalue weighted by Gasteiger charge is -2.26. The minimum Gasteiger partial charge on any atom is -0.390 e. The Morgan fingerprint density at radius 3 is 2.86 bits per heavy atom. The lowest BCUT2D eigenvalue weighted by Crippen LogP contribution is -2.37. The predicted molar refractivity (Wildman–Crippen MR) is 54.5 cm³/mol. The van der Waals surface area contributed by atoms with Gasteiger partial charge in [0.05, 0.1) is 25.5 Å². The van der Waals surface area contributed by atoms with Crippen molar-refractivity contribution in [2.45, 2.75) is 6.42 Å². The molecule has 0 amide bonds. The quantitative estimate of drug-likeness (QED) is 0.693. The molecule has 14 heavy (non-hydrogen) atoms. The first-order valence-corrected chi connectivity index (χ1v) is 5.05. The number of aliphatic hydroxyl groups excluding tert-OH is 1. The third kappa shape index (κ3) is 2.41. The molecule has 78 valence electrons. The van der Waals surface area contributed by atoms with Crippen LogP contribution in [0.3, 0.4) is 0 Å². The summed E-state index contributed by atoms with van der Waals surface area (Å²) >= 11 is 0. The molecule has 1 saturated heterocycles. The molecule has 0 aromatic heterocycles. The molecule has 2 rings (SSSR count). The average Bonchev–Trinajstić information content (AvgIpc) is 2.67. The van der Waals surface area contributed by atoms with Gasteiger partial charge in [-0.2, -0.15) is 0 Å². The van der Waals surface area contributed by atoms with Crippen LogP contribution in [0, 0.1) is 0 Å². The lowest BCUT2D eigenvalue weighted by atomic mass is 10.3. The molecule has 0 aromatic rings. The maximum atomic E-state index is 8.89. The molecule has 2 heterocycles. The van der Waals surface area contributed by atoms with Gasteiger partial charge in [0.25, 0.3) is 0 Å². The molecule has 0 aliphatic carbocycles. The first-order chi connectivity index (χ1) is 6.88. The summed E-state index contributed by atoms with van der Waals surface area (Å²) in [5, 5.41) is 8.89. The Kier molecular flexibility index (Phi) is 3.29. The van der Waals surface area contributed by atoms with Crippen LogP contribution < -0.4 is 0 Å². The van der Waals surface area contributed by atoms with Gasteiger partial charge in [-0.05, 0) is 0 Å². The summed E-state index contributed by atoms with van der Waals surface area (Å²) in [7, 11) is 0. The molecule has 2 aliphatic rings. The molecule has 0 saturated carbocycles. The second-order valence-corrected chi connectivity index (χ2v) is 3.62. The van der Waals surface area contributed by atoms with Crippen molar-refractivity contribution < 1.29 is 9.84 Å². The fourth-order valence-electron chi connectivity index (χ4n) is 1.72. The number of morpholine rings is 1. The summed E-state index contributed by atoms with van der Waals surface area (Å²) in [6, 6.07) is 0. The fraction of sp³-hybridized carbons (Fsp3) is 0.700. The van der Waals surface area contributed by atoms with Gasteiger partial charge in [-0.25, -0.2) is 0 Å². The summed E-state index contributed by atoms with van der Waals surface area (Å²) in [6.45, 7) is 4.60. The van der Waals surface area contributed by atoms with E-state index in [0.717, 1.165) is 50.7 Å². The largest absolute Gasteiger partial charge is 0.390 e. The molecule has 0 aromatic carbocycles. The highest BCUT2D eigenvalue weighted by Crippen LogP contribution is 2.12. The van der Waals surface area contributed by atoms with E-state index in [1.807, 2.05) is 0 Å². The summed E-state index contributed by atoms with van der Waals surface area (Å²) in [5.74, 6) is 0. The maximum absolute atomic E-state index is 8.89. The molecule has 2 aliphatic heterocycles. The van der Waals surface area contributed by atoms with E-state index in [2.05, 4.69) is 16.0 Å². The van der Waals surface area contributed by atoms with Gasteiger partial charge in [-0.1, -0.05) is 6.08 Å². The van der Waals surface area contributed by atoms with Crippen LogP contribution in [0.15, 0.2) is 16.8 Å². The molecule has 4 nitrogen and oxygen atoms in total. The number of aliphatic hydroxyl groups is 1. The van der Waals surface area contributed by atoms with Crippen molar-refractivity contribution in [3.63, 3.8) is 0 Å². The zero-order chi connectivity index (χ0) is 9.80. The fourth-order valence-corrected chi connectivity index (χ4v) is 1.72. The molecule has 0 atom stereocenters. The number of nitrogens with zero attached hydrogens (tertiary/aromatic N) is 2. The average molecular weight is 196 g/mol. The van der Waals surface area contributed by atoms with E-state index in [1.165, 1.54) is 0 Å². The number of ether oxygens (including phenoxy) is 1. The van der Waals surface area contributed by atoms with Crippen LogP contribution >= 0.6 is 0 Å². The Morgan fingerprint density at radius 1 is 1.43 bits per heavy atom. The second kappa shape index (κ2) is 4.68. The molecule has 1 fully saturated rings. The van der Waals surface area contributed by atoms with Crippen LogP contribution in [0.25, 0.3) is 0 Å². The summed E-state index contributed by atoms with van der Waals surface area (Å²) < 4.78 is 5.27. The van der Waals surface area contributed by atoms with Crippen molar-refractivity contribution in [3.8, 4) is 0 Å². The van der Waals surface area contributed by atoms with Gasteiger partial charge >= 0.3 is 0 Å². The van der Waals surface area contributed by atoms with E-state index in [1.54, 1.807) is 0 Å². The minimum atomic E-state index is 0.0864. The molecule has 0 spiro atoms. The topological polar surface area (TPSA) is 45.1 Å². The Bertz CT molecular complexity index is 255. The van der Waals surface area contributed by atoms with Gasteiger partial charge in [0.2, 0.25) is 0 Å². The Labute approximate surface area is 83.9 Å². The Morgan fingerprint density at radius 2 is 2.21 bits per heavy atom. The highest BCUT2D eigenvalue weighted by atomic mass is 16.5. The van der Waals surface area contributed by atoms with Gasteiger partial charge in [0, 0.05) is 31.8 Å². The van der Waals surface area contributed by atoms with E-state index in [9.17, 15) is 0 Å². The molecule has 0 radical (unpaired) electrons. The van der Waals surface area contributed by atoms with Crippen molar-refractivity contribution in [2.24, 2.45) is 4.99 Å². The smallest absolute Gasteiger partial charge is 0.0817 e. The van der Waals surface area contributed by atoms with Gasteiger partial charge in [-0.3, -0.25) is 9.89 Å². The Hall–Kier alpha value is -0.710. The van der Waals surface area contributed by atoms with Gasteiger partial charge in [0.15, 0.2) is 0 Å². The molecular weight excluding hydrogens is 180 g/mol. The monoisotopic (exact) mass is 196 g/mol. The number of hydrogen-bond donors (Lipinski definition) is 1. The minimum absolute atomic E-state index is 0.0864. The Balaban J connectivity index is 1.82. The third-order valence-corrected chi connectivity index (χ3v) is 2.55. The van der Waals surface area contributed by atoms with Gasteiger partial charge < -0.3 is 9.84 Å². The standard InChI is InChI=1S/C10H16N2O2/c13-8-10-2-1-9(11-10)7-12-3-5-14-6-4-12/h1,13H,2-8H2. The van der Waals surface area contributed by atoms with Crippen LogP contribution in [-0.4, -0.2) is 55.2 Å². The molecule has 0 unspecified atom stereocenters. The number of allylic oxidation sites excluding steroid dienone is 1. The van der Waals surface area contributed by atoms with Crippen molar-refractivity contribution in [1.82, 2.24) is 4.90 Å². The van der Waals surface area contributed by atoms with E-state index in [-0.39, 0.29) is 6.61 Å². The number of rotatable bonds is 3. The van der Waals surface area contributed by atoms with E-state index < -0.39 is 0 Å². The third-order valence-electron chi connectivity index (χ3n) is 2.55.